The summed E-state index contributed by atoms with van der Waals surface area (Å²) in [5, 5.41) is 14.6. The first kappa shape index (κ1) is 15.3. The molecule has 4 aromatic rings. The standard InChI is InChI=1S/C19H15N5OS/c1-11(25-13-7-5-12(9-20)6-8-13)17-22-18-16-14-3-2-4-15(14)26-19(16)21-10-24(18)23-17/h5-8,10-11H,2-4H2,1H3/t11-/m1/s1. The maximum Gasteiger partial charge on any atom is 0.192 e. The van der Waals surface area contributed by atoms with Gasteiger partial charge in [-0.1, -0.05) is 0 Å². The van der Waals surface area contributed by atoms with Crippen LogP contribution < -0.4 is 4.74 Å². The fraction of sp³-hybridized carbons (Fsp3) is 0.263. The van der Waals surface area contributed by atoms with E-state index in [1.807, 2.05) is 6.92 Å². The van der Waals surface area contributed by atoms with Crippen LogP contribution in [-0.2, 0) is 12.8 Å². The lowest BCUT2D eigenvalue weighted by Crippen LogP contribution is -2.05. The van der Waals surface area contributed by atoms with Crippen LogP contribution >= 0.6 is 11.3 Å². The number of benzene rings is 1. The maximum atomic E-state index is 8.89. The van der Waals surface area contributed by atoms with Gasteiger partial charge in [-0.05, 0) is 56.0 Å². The van der Waals surface area contributed by atoms with E-state index >= 15 is 0 Å². The number of rotatable bonds is 3. The van der Waals surface area contributed by atoms with Crippen molar-refractivity contribution < 1.29 is 4.74 Å². The van der Waals surface area contributed by atoms with Crippen molar-refractivity contribution in [2.45, 2.75) is 32.3 Å². The third-order valence-electron chi connectivity index (χ3n) is 4.72. The van der Waals surface area contributed by atoms with Crippen molar-refractivity contribution in [3.63, 3.8) is 0 Å². The van der Waals surface area contributed by atoms with Crippen LogP contribution in [-0.4, -0.2) is 19.6 Å². The molecule has 0 radical (unpaired) electrons. The topological polar surface area (TPSA) is 76.1 Å². The lowest BCUT2D eigenvalue weighted by molar-refractivity contribution is 0.216. The van der Waals surface area contributed by atoms with Crippen LogP contribution in [0.1, 0.15) is 41.3 Å². The first-order valence-electron chi connectivity index (χ1n) is 8.55. The summed E-state index contributed by atoms with van der Waals surface area (Å²) >= 11 is 1.78. The summed E-state index contributed by atoms with van der Waals surface area (Å²) in [6.45, 7) is 1.93. The van der Waals surface area contributed by atoms with Gasteiger partial charge >= 0.3 is 0 Å². The summed E-state index contributed by atoms with van der Waals surface area (Å²) in [7, 11) is 0. The number of fused-ring (bicyclic) bond motifs is 5. The third kappa shape index (κ3) is 2.34. The van der Waals surface area contributed by atoms with Crippen molar-refractivity contribution in [1.82, 2.24) is 19.6 Å². The van der Waals surface area contributed by atoms with E-state index in [1.54, 1.807) is 46.4 Å². The van der Waals surface area contributed by atoms with Gasteiger partial charge in [0.05, 0.1) is 17.0 Å². The molecule has 0 saturated heterocycles. The van der Waals surface area contributed by atoms with Crippen molar-refractivity contribution in [1.29, 1.82) is 5.26 Å². The van der Waals surface area contributed by atoms with Crippen LogP contribution in [0.3, 0.4) is 0 Å². The Balaban J connectivity index is 1.52. The molecular formula is C19H15N5OS. The number of nitrogens with zero attached hydrogens (tertiary/aromatic N) is 5. The quantitative estimate of drug-likeness (QED) is 0.554. The van der Waals surface area contributed by atoms with Crippen LogP contribution in [0.15, 0.2) is 30.6 Å². The molecule has 7 heteroatoms. The largest absolute Gasteiger partial charge is 0.483 e. The summed E-state index contributed by atoms with van der Waals surface area (Å²) in [6, 6.07) is 9.15. The van der Waals surface area contributed by atoms with Crippen molar-refractivity contribution in [2.75, 3.05) is 0 Å². The summed E-state index contributed by atoms with van der Waals surface area (Å²) < 4.78 is 7.70. The van der Waals surface area contributed by atoms with Crippen LogP contribution in [0.4, 0.5) is 0 Å². The minimum atomic E-state index is -0.301. The van der Waals surface area contributed by atoms with Gasteiger partial charge in [0, 0.05) is 4.88 Å². The molecule has 0 N–H and O–H groups in total. The summed E-state index contributed by atoms with van der Waals surface area (Å²) in [5.41, 5.74) is 2.86. The molecule has 128 valence electrons. The van der Waals surface area contributed by atoms with Gasteiger partial charge in [0.2, 0.25) is 0 Å². The van der Waals surface area contributed by atoms with Gasteiger partial charge in [-0.15, -0.1) is 16.4 Å². The van der Waals surface area contributed by atoms with Crippen LogP contribution in [0.5, 0.6) is 5.75 Å². The molecule has 0 bridgehead atoms. The first-order valence-corrected chi connectivity index (χ1v) is 9.37. The fourth-order valence-corrected chi connectivity index (χ4v) is 4.67. The molecule has 0 unspecified atom stereocenters. The maximum absolute atomic E-state index is 8.89. The molecule has 6 nitrogen and oxygen atoms in total. The highest BCUT2D eigenvalue weighted by atomic mass is 32.1. The van der Waals surface area contributed by atoms with Crippen molar-refractivity contribution in [2.24, 2.45) is 0 Å². The Morgan fingerprint density at radius 1 is 1.27 bits per heavy atom. The minimum Gasteiger partial charge on any atom is -0.483 e. The normalized spacial score (nSPS) is 14.5. The molecule has 26 heavy (non-hydrogen) atoms. The van der Waals surface area contributed by atoms with E-state index in [4.69, 9.17) is 15.0 Å². The summed E-state index contributed by atoms with van der Waals surface area (Å²) in [5.74, 6) is 1.32. The summed E-state index contributed by atoms with van der Waals surface area (Å²) in [6.07, 6.45) is 4.87. The fourth-order valence-electron chi connectivity index (χ4n) is 3.45. The van der Waals surface area contributed by atoms with E-state index in [0.717, 1.165) is 28.7 Å². The monoisotopic (exact) mass is 361 g/mol. The van der Waals surface area contributed by atoms with E-state index in [2.05, 4.69) is 16.2 Å². The average Bonchev–Trinajstić information content (AvgIpc) is 3.35. The number of aromatic nitrogens is 4. The molecule has 3 aromatic heterocycles. The van der Waals surface area contributed by atoms with Gasteiger partial charge in [-0.2, -0.15) is 5.26 Å². The van der Waals surface area contributed by atoms with Crippen molar-refractivity contribution >= 4 is 27.2 Å². The zero-order chi connectivity index (χ0) is 17.7. The van der Waals surface area contributed by atoms with E-state index in [1.165, 1.54) is 16.9 Å². The molecule has 5 rings (SSSR count). The molecule has 3 heterocycles. The second-order valence-corrected chi connectivity index (χ2v) is 7.50. The molecule has 1 aliphatic carbocycles. The Hall–Kier alpha value is -2.98. The first-order chi connectivity index (χ1) is 12.7. The molecule has 0 fully saturated rings. The zero-order valence-corrected chi connectivity index (χ0v) is 15.0. The number of aryl methyl sites for hydroxylation is 2. The molecule has 1 atom stereocenters. The second-order valence-electron chi connectivity index (χ2n) is 6.42. The predicted molar refractivity (Wildman–Crippen MR) is 98.4 cm³/mol. The van der Waals surface area contributed by atoms with Crippen LogP contribution in [0.25, 0.3) is 15.9 Å². The Morgan fingerprint density at radius 3 is 2.92 bits per heavy atom. The van der Waals surface area contributed by atoms with Crippen molar-refractivity contribution in [3.05, 3.63) is 52.4 Å². The van der Waals surface area contributed by atoms with Gasteiger partial charge in [0.1, 0.15) is 16.9 Å². The Labute approximate surface area is 153 Å². The number of nitriles is 1. The lowest BCUT2D eigenvalue weighted by Gasteiger charge is -2.11. The number of hydrogen-bond acceptors (Lipinski definition) is 6. The number of hydrogen-bond donors (Lipinski definition) is 0. The lowest BCUT2D eigenvalue weighted by atomic mass is 10.2. The Bertz CT molecular complexity index is 1170. The van der Waals surface area contributed by atoms with Gasteiger partial charge < -0.3 is 4.74 Å². The molecule has 0 spiro atoms. The van der Waals surface area contributed by atoms with Gasteiger partial charge in [0.25, 0.3) is 0 Å². The van der Waals surface area contributed by atoms with Gasteiger partial charge in [-0.3, -0.25) is 0 Å². The molecule has 0 aliphatic heterocycles. The minimum absolute atomic E-state index is 0.301. The summed E-state index contributed by atoms with van der Waals surface area (Å²) in [4.78, 5) is 11.8. The van der Waals surface area contributed by atoms with Crippen LogP contribution in [0, 0.1) is 11.3 Å². The van der Waals surface area contributed by atoms with Crippen LogP contribution in [0.2, 0.25) is 0 Å². The highest BCUT2D eigenvalue weighted by Gasteiger charge is 2.23. The van der Waals surface area contributed by atoms with Gasteiger partial charge in [-0.25, -0.2) is 14.5 Å². The van der Waals surface area contributed by atoms with Gasteiger partial charge in [0.15, 0.2) is 17.6 Å². The molecule has 1 aliphatic rings. The molecule has 1 aromatic carbocycles. The molecular weight excluding hydrogens is 346 g/mol. The SMILES string of the molecule is C[C@@H](Oc1ccc(C#N)cc1)c1nc2c3c4c(sc3ncn2n1)CCC4. The second kappa shape index (κ2) is 5.78. The smallest absolute Gasteiger partial charge is 0.192 e. The molecule has 0 amide bonds. The Kier molecular flexibility index (Phi) is 3.40. The van der Waals surface area contributed by atoms with E-state index in [-0.39, 0.29) is 6.10 Å². The highest BCUT2D eigenvalue weighted by molar-refractivity contribution is 7.19. The number of thiophene rings is 1. The number of ether oxygens (including phenoxy) is 1. The molecule has 0 saturated carbocycles. The van der Waals surface area contributed by atoms with Crippen molar-refractivity contribution in [3.8, 4) is 11.8 Å². The van der Waals surface area contributed by atoms with E-state index in [0.29, 0.717) is 17.1 Å². The Morgan fingerprint density at radius 2 is 2.12 bits per heavy atom. The average molecular weight is 361 g/mol. The van der Waals surface area contributed by atoms with E-state index < -0.39 is 0 Å². The third-order valence-corrected chi connectivity index (χ3v) is 5.92. The van der Waals surface area contributed by atoms with E-state index in [9.17, 15) is 0 Å². The highest BCUT2D eigenvalue weighted by Crippen LogP contribution is 2.38. The predicted octanol–water partition coefficient (Wildman–Crippen LogP) is 3.84. The zero-order valence-electron chi connectivity index (χ0n) is 14.1.